The number of likely N-dealkylation sites (tertiary alicyclic amines) is 1. The molecular formula is C17H26N4O5S. The molecule has 150 valence electrons. The van der Waals surface area contributed by atoms with E-state index < -0.39 is 14.9 Å². The van der Waals surface area contributed by atoms with E-state index >= 15 is 0 Å². The van der Waals surface area contributed by atoms with E-state index in [1.165, 1.54) is 16.4 Å². The fourth-order valence-electron chi connectivity index (χ4n) is 3.12. The summed E-state index contributed by atoms with van der Waals surface area (Å²) in [7, 11) is -3.76. The SMILES string of the molecule is CCN(CC)S(=O)(=O)c1ccc(NCCCN2CCCC2=O)c([N+](=O)[O-])c1. The highest BCUT2D eigenvalue weighted by Gasteiger charge is 2.25. The Morgan fingerprint density at radius 2 is 2.00 bits per heavy atom. The second kappa shape index (κ2) is 9.14. The fourth-order valence-corrected chi connectivity index (χ4v) is 4.60. The highest BCUT2D eigenvalue weighted by molar-refractivity contribution is 7.89. The number of amides is 1. The van der Waals surface area contributed by atoms with Gasteiger partial charge >= 0.3 is 0 Å². The van der Waals surface area contributed by atoms with Gasteiger partial charge in [0.25, 0.3) is 5.69 Å². The summed E-state index contributed by atoms with van der Waals surface area (Å²) < 4.78 is 26.4. The molecule has 0 aromatic heterocycles. The van der Waals surface area contributed by atoms with Crippen LogP contribution in [0.1, 0.15) is 33.1 Å². The van der Waals surface area contributed by atoms with Gasteiger partial charge in [-0.3, -0.25) is 14.9 Å². The van der Waals surface area contributed by atoms with Crippen molar-refractivity contribution in [2.45, 2.75) is 38.0 Å². The minimum Gasteiger partial charge on any atom is -0.379 e. The first-order valence-corrected chi connectivity index (χ1v) is 10.6. The van der Waals surface area contributed by atoms with Crippen LogP contribution in [-0.2, 0) is 14.8 Å². The van der Waals surface area contributed by atoms with Gasteiger partial charge in [0.1, 0.15) is 5.69 Å². The highest BCUT2D eigenvalue weighted by Crippen LogP contribution is 2.29. The molecule has 2 rings (SSSR count). The third-order valence-corrected chi connectivity index (χ3v) is 6.65. The molecule has 1 N–H and O–H groups in total. The Morgan fingerprint density at radius 3 is 2.56 bits per heavy atom. The lowest BCUT2D eigenvalue weighted by Gasteiger charge is -2.19. The molecule has 0 atom stereocenters. The topological polar surface area (TPSA) is 113 Å². The van der Waals surface area contributed by atoms with Gasteiger partial charge in [-0.15, -0.1) is 0 Å². The first-order chi connectivity index (χ1) is 12.8. The number of rotatable bonds is 10. The Kier molecular flexibility index (Phi) is 7.14. The van der Waals surface area contributed by atoms with Crippen molar-refractivity contribution >= 4 is 27.3 Å². The lowest BCUT2D eigenvalue weighted by molar-refractivity contribution is -0.384. The molecule has 1 aromatic rings. The second-order valence-corrected chi connectivity index (χ2v) is 8.23. The zero-order chi connectivity index (χ0) is 20.0. The van der Waals surface area contributed by atoms with Crippen LogP contribution < -0.4 is 5.32 Å². The number of nitrogens with one attached hydrogen (secondary N) is 1. The summed E-state index contributed by atoms with van der Waals surface area (Å²) in [5.41, 5.74) is -0.00766. The molecule has 1 aliphatic rings. The summed E-state index contributed by atoms with van der Waals surface area (Å²) in [4.78, 5) is 24.1. The molecule has 9 nitrogen and oxygen atoms in total. The maximum Gasteiger partial charge on any atom is 0.293 e. The summed E-state index contributed by atoms with van der Waals surface area (Å²) in [6, 6.07) is 3.91. The number of carbonyl (C=O) groups excluding carboxylic acids is 1. The molecule has 1 fully saturated rings. The molecule has 1 heterocycles. The maximum atomic E-state index is 12.6. The molecule has 0 bridgehead atoms. The molecule has 0 radical (unpaired) electrons. The molecular weight excluding hydrogens is 372 g/mol. The number of sulfonamides is 1. The maximum absolute atomic E-state index is 12.6. The third kappa shape index (κ3) is 4.95. The number of nitrogens with zero attached hydrogens (tertiary/aromatic N) is 3. The van der Waals surface area contributed by atoms with Gasteiger partial charge in [-0.25, -0.2) is 8.42 Å². The van der Waals surface area contributed by atoms with Gasteiger partial charge in [0.2, 0.25) is 15.9 Å². The van der Waals surface area contributed by atoms with Gasteiger partial charge < -0.3 is 10.2 Å². The Balaban J connectivity index is 2.09. The second-order valence-electron chi connectivity index (χ2n) is 6.29. The number of hydrogen-bond acceptors (Lipinski definition) is 6. The number of carbonyl (C=O) groups is 1. The van der Waals surface area contributed by atoms with E-state index in [4.69, 9.17) is 0 Å². The number of nitro groups is 1. The quantitative estimate of drug-likeness (QED) is 0.367. The predicted molar refractivity (Wildman–Crippen MR) is 102 cm³/mol. The molecule has 0 aliphatic carbocycles. The number of benzene rings is 1. The van der Waals surface area contributed by atoms with Crippen LogP contribution in [0.25, 0.3) is 0 Å². The van der Waals surface area contributed by atoms with E-state index in [-0.39, 0.29) is 22.2 Å². The predicted octanol–water partition coefficient (Wildman–Crippen LogP) is 2.05. The van der Waals surface area contributed by atoms with Crippen LogP contribution >= 0.6 is 0 Å². The van der Waals surface area contributed by atoms with Crippen molar-refractivity contribution in [1.29, 1.82) is 0 Å². The van der Waals surface area contributed by atoms with Crippen molar-refractivity contribution in [1.82, 2.24) is 9.21 Å². The van der Waals surface area contributed by atoms with Crippen molar-refractivity contribution in [3.63, 3.8) is 0 Å². The Bertz CT molecular complexity index is 793. The van der Waals surface area contributed by atoms with Crippen LogP contribution in [0.3, 0.4) is 0 Å². The van der Waals surface area contributed by atoms with Gasteiger partial charge in [0.05, 0.1) is 9.82 Å². The van der Waals surface area contributed by atoms with Crippen LogP contribution in [0.5, 0.6) is 0 Å². The molecule has 10 heteroatoms. The number of hydrogen-bond donors (Lipinski definition) is 1. The van der Waals surface area contributed by atoms with Gasteiger partial charge in [0.15, 0.2) is 0 Å². The fraction of sp³-hybridized carbons (Fsp3) is 0.588. The summed E-state index contributed by atoms with van der Waals surface area (Å²) in [5, 5.41) is 14.4. The standard InChI is InChI=1S/C17H26N4O5S/c1-3-20(4-2)27(25,26)14-8-9-15(16(13-14)21(23)24)18-10-6-12-19-11-5-7-17(19)22/h8-9,13,18H,3-7,10-12H2,1-2H3. The van der Waals surface area contributed by atoms with Crippen molar-refractivity contribution < 1.29 is 18.1 Å². The molecule has 1 amide bonds. The zero-order valence-corrected chi connectivity index (χ0v) is 16.5. The van der Waals surface area contributed by atoms with E-state index in [2.05, 4.69) is 5.32 Å². The molecule has 0 unspecified atom stereocenters. The average molecular weight is 398 g/mol. The van der Waals surface area contributed by atoms with Crippen LogP contribution in [0, 0.1) is 10.1 Å². The summed E-state index contributed by atoms with van der Waals surface area (Å²) in [6.07, 6.45) is 2.12. The monoisotopic (exact) mass is 398 g/mol. The van der Waals surface area contributed by atoms with E-state index in [9.17, 15) is 23.3 Å². The van der Waals surface area contributed by atoms with Gasteiger partial charge in [-0.1, -0.05) is 13.8 Å². The van der Waals surface area contributed by atoms with Crippen LogP contribution in [0.4, 0.5) is 11.4 Å². The normalized spacial score (nSPS) is 14.8. The van der Waals surface area contributed by atoms with Crippen molar-refractivity contribution in [3.8, 4) is 0 Å². The summed E-state index contributed by atoms with van der Waals surface area (Å²) >= 11 is 0. The number of anilines is 1. The van der Waals surface area contributed by atoms with Crippen molar-refractivity contribution in [2.24, 2.45) is 0 Å². The first-order valence-electron chi connectivity index (χ1n) is 9.11. The number of nitro benzene ring substituents is 1. The molecule has 1 saturated heterocycles. The Hall–Kier alpha value is -2.20. The highest BCUT2D eigenvalue weighted by atomic mass is 32.2. The van der Waals surface area contributed by atoms with E-state index in [1.54, 1.807) is 18.7 Å². The Labute approximate surface area is 159 Å². The Morgan fingerprint density at radius 1 is 1.30 bits per heavy atom. The minimum atomic E-state index is -3.76. The smallest absolute Gasteiger partial charge is 0.293 e. The van der Waals surface area contributed by atoms with Crippen LogP contribution in [0.2, 0.25) is 0 Å². The van der Waals surface area contributed by atoms with E-state index in [0.29, 0.717) is 39.0 Å². The van der Waals surface area contributed by atoms with E-state index in [1.807, 2.05) is 0 Å². The minimum absolute atomic E-state index is 0.0916. The van der Waals surface area contributed by atoms with Crippen LogP contribution in [0.15, 0.2) is 23.1 Å². The van der Waals surface area contributed by atoms with Gasteiger partial charge in [0, 0.05) is 45.2 Å². The van der Waals surface area contributed by atoms with Crippen molar-refractivity contribution in [3.05, 3.63) is 28.3 Å². The van der Waals surface area contributed by atoms with Gasteiger partial charge in [-0.2, -0.15) is 4.31 Å². The van der Waals surface area contributed by atoms with Gasteiger partial charge in [-0.05, 0) is 25.0 Å². The molecule has 1 aromatic carbocycles. The summed E-state index contributed by atoms with van der Waals surface area (Å²) in [6.45, 7) is 5.84. The summed E-state index contributed by atoms with van der Waals surface area (Å²) in [5.74, 6) is 0.145. The lowest BCUT2D eigenvalue weighted by Crippen LogP contribution is -2.30. The zero-order valence-electron chi connectivity index (χ0n) is 15.7. The average Bonchev–Trinajstić information content (AvgIpc) is 3.04. The largest absolute Gasteiger partial charge is 0.379 e. The lowest BCUT2D eigenvalue weighted by atomic mass is 10.2. The van der Waals surface area contributed by atoms with E-state index in [0.717, 1.165) is 19.0 Å². The molecule has 0 saturated carbocycles. The molecule has 27 heavy (non-hydrogen) atoms. The first kappa shape index (κ1) is 21.1. The van der Waals surface area contributed by atoms with Crippen molar-refractivity contribution in [2.75, 3.05) is 38.0 Å². The third-order valence-electron chi connectivity index (χ3n) is 4.60. The van der Waals surface area contributed by atoms with Crippen LogP contribution in [-0.4, -0.2) is 61.2 Å². The molecule has 1 aliphatic heterocycles. The molecule has 0 spiro atoms.